The molecular weight excluding hydrogens is 311 g/mol. The van der Waals surface area contributed by atoms with E-state index in [9.17, 15) is 4.79 Å². The Hall–Kier alpha value is -0.440. The van der Waals surface area contributed by atoms with E-state index in [4.69, 9.17) is 23.2 Å². The molecule has 2 bridgehead atoms. The van der Waals surface area contributed by atoms with E-state index in [-0.39, 0.29) is 5.78 Å². The second-order valence-corrected chi connectivity index (χ2v) is 7.65. The van der Waals surface area contributed by atoms with Gasteiger partial charge in [0, 0.05) is 22.5 Å². The molecule has 2 heterocycles. The van der Waals surface area contributed by atoms with E-state index in [1.165, 1.54) is 12.0 Å². The maximum atomic E-state index is 12.4. The summed E-state index contributed by atoms with van der Waals surface area (Å²) in [6.45, 7) is 1.94. The molecule has 0 N–H and O–H groups in total. The van der Waals surface area contributed by atoms with Gasteiger partial charge in [-0.05, 0) is 42.5 Å². The maximum absolute atomic E-state index is 12.4. The number of carbonyl (C=O) groups is 1. The summed E-state index contributed by atoms with van der Waals surface area (Å²) >= 11 is 14.1. The molecule has 20 heavy (non-hydrogen) atoms. The van der Waals surface area contributed by atoms with Gasteiger partial charge in [0.05, 0.1) is 10.0 Å². The average Bonchev–Trinajstić information content (AvgIpc) is 2.82. The number of benzene rings is 1. The van der Waals surface area contributed by atoms with Gasteiger partial charge in [0.2, 0.25) is 0 Å². The van der Waals surface area contributed by atoms with Gasteiger partial charge in [-0.3, -0.25) is 4.79 Å². The molecule has 1 saturated heterocycles. The molecule has 2 atom stereocenters. The molecule has 1 unspecified atom stereocenters. The van der Waals surface area contributed by atoms with Gasteiger partial charge in [-0.25, -0.2) is 0 Å². The molecule has 1 aromatic carbocycles. The van der Waals surface area contributed by atoms with Gasteiger partial charge in [-0.2, -0.15) is 0 Å². The predicted octanol–water partition coefficient (Wildman–Crippen LogP) is 5.39. The van der Waals surface area contributed by atoms with Crippen LogP contribution >= 0.6 is 35.0 Å². The fourth-order valence-corrected chi connectivity index (χ4v) is 5.08. The Morgan fingerprint density at radius 3 is 2.80 bits per heavy atom. The fraction of sp³-hybridized carbons (Fsp3) is 0.438. The zero-order valence-corrected chi connectivity index (χ0v) is 13.6. The highest BCUT2D eigenvalue weighted by molar-refractivity contribution is 8.01. The number of rotatable bonds is 3. The van der Waals surface area contributed by atoms with Gasteiger partial charge < -0.3 is 0 Å². The number of ketones is 1. The summed E-state index contributed by atoms with van der Waals surface area (Å²) in [7, 11) is 0. The minimum absolute atomic E-state index is 0.281. The summed E-state index contributed by atoms with van der Waals surface area (Å²) in [5.74, 6) is 0.281. The molecule has 0 aliphatic carbocycles. The zero-order chi connectivity index (χ0) is 14.3. The Balaban J connectivity index is 2.10. The van der Waals surface area contributed by atoms with Crippen LogP contribution in [0.2, 0.25) is 10.0 Å². The van der Waals surface area contributed by atoms with Gasteiger partial charge in [0.25, 0.3) is 0 Å². The first-order valence-corrected chi connectivity index (χ1v) is 8.67. The molecule has 1 fully saturated rings. The average molecular weight is 327 g/mol. The second-order valence-electron chi connectivity index (χ2n) is 5.33. The van der Waals surface area contributed by atoms with Crippen LogP contribution in [0.3, 0.4) is 0 Å². The van der Waals surface area contributed by atoms with Gasteiger partial charge >= 0.3 is 0 Å². The molecule has 3 rings (SSSR count). The van der Waals surface area contributed by atoms with E-state index >= 15 is 0 Å². The molecule has 106 valence electrons. The van der Waals surface area contributed by atoms with Crippen molar-refractivity contribution in [3.8, 4) is 0 Å². The Kier molecular flexibility index (Phi) is 4.16. The van der Waals surface area contributed by atoms with Crippen LogP contribution in [0.25, 0.3) is 5.57 Å². The molecule has 2 aliphatic rings. The van der Waals surface area contributed by atoms with Crippen molar-refractivity contribution >= 4 is 46.3 Å². The van der Waals surface area contributed by atoms with E-state index in [2.05, 4.69) is 0 Å². The fourth-order valence-electron chi connectivity index (χ4n) is 3.10. The highest BCUT2D eigenvalue weighted by Crippen LogP contribution is 2.49. The molecule has 0 saturated carbocycles. The lowest BCUT2D eigenvalue weighted by Crippen LogP contribution is -2.19. The third kappa shape index (κ3) is 2.54. The lowest BCUT2D eigenvalue weighted by molar-refractivity contribution is -0.115. The maximum Gasteiger partial charge on any atom is 0.160 e. The molecule has 1 aromatic rings. The molecule has 0 radical (unpaired) electrons. The number of fused-ring (bicyclic) bond motifs is 2. The van der Waals surface area contributed by atoms with Gasteiger partial charge in [0.15, 0.2) is 5.78 Å². The van der Waals surface area contributed by atoms with Crippen LogP contribution in [0.15, 0.2) is 23.8 Å². The van der Waals surface area contributed by atoms with E-state index in [0.717, 1.165) is 24.0 Å². The van der Waals surface area contributed by atoms with Crippen LogP contribution in [-0.2, 0) is 4.79 Å². The van der Waals surface area contributed by atoms with Crippen LogP contribution in [0.5, 0.6) is 0 Å². The standard InChI is InChI=1S/C16H16Cl2OS/c1-2-14(19)16-11(8-10-4-6-15(16)20-10)9-3-5-12(17)13(18)7-9/h3,5,7,10,15H,2,4,6,8H2,1H3/t10?,15-/m1/s1. The monoisotopic (exact) mass is 326 g/mol. The summed E-state index contributed by atoms with van der Waals surface area (Å²) < 4.78 is 0. The summed E-state index contributed by atoms with van der Waals surface area (Å²) in [6.07, 6.45) is 3.88. The van der Waals surface area contributed by atoms with E-state index in [1.807, 2.05) is 36.9 Å². The zero-order valence-electron chi connectivity index (χ0n) is 11.3. The number of Topliss-reactive ketones (excluding diaryl/α,β-unsaturated/α-hetero) is 1. The second kappa shape index (κ2) is 5.75. The molecule has 2 aliphatic heterocycles. The predicted molar refractivity (Wildman–Crippen MR) is 87.7 cm³/mol. The highest BCUT2D eigenvalue weighted by atomic mass is 35.5. The van der Waals surface area contributed by atoms with Crippen molar-refractivity contribution in [3.05, 3.63) is 39.4 Å². The Bertz CT molecular complexity index is 594. The van der Waals surface area contributed by atoms with E-state index in [1.54, 1.807) is 0 Å². The molecular formula is C16H16Cl2OS. The first-order valence-electron chi connectivity index (χ1n) is 6.97. The Labute approximate surface area is 133 Å². The third-order valence-electron chi connectivity index (χ3n) is 4.08. The van der Waals surface area contributed by atoms with Crippen LogP contribution < -0.4 is 0 Å². The van der Waals surface area contributed by atoms with Gasteiger partial charge in [0.1, 0.15) is 0 Å². The van der Waals surface area contributed by atoms with Crippen molar-refractivity contribution in [2.45, 2.75) is 43.1 Å². The van der Waals surface area contributed by atoms with Gasteiger partial charge in [-0.1, -0.05) is 36.2 Å². The highest BCUT2D eigenvalue weighted by Gasteiger charge is 2.37. The quantitative estimate of drug-likeness (QED) is 0.740. The number of allylic oxidation sites excluding steroid dienone is 1. The first kappa shape index (κ1) is 14.5. The number of hydrogen-bond acceptors (Lipinski definition) is 2. The van der Waals surface area contributed by atoms with Crippen molar-refractivity contribution in [1.82, 2.24) is 0 Å². The lowest BCUT2D eigenvalue weighted by Gasteiger charge is -2.26. The Morgan fingerprint density at radius 1 is 1.30 bits per heavy atom. The molecule has 4 heteroatoms. The summed E-state index contributed by atoms with van der Waals surface area (Å²) in [6, 6.07) is 5.71. The SMILES string of the molecule is CCC(=O)C1=C(c2ccc(Cl)c(Cl)c2)CC2CC[C@H]1S2. The van der Waals surface area contributed by atoms with Crippen molar-refractivity contribution in [2.24, 2.45) is 0 Å². The summed E-state index contributed by atoms with van der Waals surface area (Å²) in [5, 5.41) is 2.15. The largest absolute Gasteiger partial charge is 0.295 e. The summed E-state index contributed by atoms with van der Waals surface area (Å²) in [5.41, 5.74) is 3.29. The van der Waals surface area contributed by atoms with Crippen molar-refractivity contribution in [1.29, 1.82) is 0 Å². The smallest absolute Gasteiger partial charge is 0.160 e. The van der Waals surface area contributed by atoms with Crippen LogP contribution in [0.4, 0.5) is 0 Å². The van der Waals surface area contributed by atoms with E-state index < -0.39 is 0 Å². The molecule has 0 aromatic heterocycles. The number of carbonyl (C=O) groups excluding carboxylic acids is 1. The first-order chi connectivity index (χ1) is 9.60. The number of hydrogen-bond donors (Lipinski definition) is 0. The third-order valence-corrected chi connectivity index (χ3v) is 6.40. The minimum Gasteiger partial charge on any atom is -0.295 e. The summed E-state index contributed by atoms with van der Waals surface area (Å²) in [4.78, 5) is 12.4. The minimum atomic E-state index is 0.281. The van der Waals surface area contributed by atoms with E-state index in [0.29, 0.717) is 27.0 Å². The van der Waals surface area contributed by atoms with Crippen molar-refractivity contribution in [2.75, 3.05) is 0 Å². The van der Waals surface area contributed by atoms with Crippen LogP contribution in [0, 0.1) is 0 Å². The molecule has 1 nitrogen and oxygen atoms in total. The van der Waals surface area contributed by atoms with Gasteiger partial charge in [-0.15, -0.1) is 11.8 Å². The van der Waals surface area contributed by atoms with Crippen LogP contribution in [-0.4, -0.2) is 16.3 Å². The van der Waals surface area contributed by atoms with Crippen molar-refractivity contribution in [3.63, 3.8) is 0 Å². The Morgan fingerprint density at radius 2 is 2.10 bits per heavy atom. The number of halogens is 2. The molecule has 0 amide bonds. The van der Waals surface area contributed by atoms with Crippen molar-refractivity contribution < 1.29 is 4.79 Å². The lowest BCUT2D eigenvalue weighted by atomic mass is 9.92. The normalized spacial score (nSPS) is 25.1. The topological polar surface area (TPSA) is 17.1 Å². The molecule has 0 spiro atoms. The number of thioether (sulfide) groups is 1. The van der Waals surface area contributed by atoms with Crippen LogP contribution in [0.1, 0.15) is 38.2 Å².